The van der Waals surface area contributed by atoms with Gasteiger partial charge < -0.3 is 14.6 Å². The number of ether oxygens (including phenoxy) is 1. The van der Waals surface area contributed by atoms with Crippen LogP contribution in [0.5, 0.6) is 5.88 Å². The molecule has 1 aliphatic heterocycles. The Morgan fingerprint density at radius 3 is 2.72 bits per heavy atom. The number of halogens is 4. The van der Waals surface area contributed by atoms with Crippen LogP contribution in [0.25, 0.3) is 0 Å². The molecular formula is C15H11ClF3N3O3. The number of nitrogens with zero attached hydrogens (tertiary/aromatic N) is 2. The van der Waals surface area contributed by atoms with Gasteiger partial charge in [-0.2, -0.15) is 13.2 Å². The Labute approximate surface area is 144 Å². The van der Waals surface area contributed by atoms with E-state index in [1.807, 2.05) is 0 Å². The first kappa shape index (κ1) is 17.3. The lowest BCUT2D eigenvalue weighted by molar-refractivity contribution is -0.137. The Morgan fingerprint density at radius 2 is 2.08 bits per heavy atom. The number of rotatable bonds is 3. The second-order valence-corrected chi connectivity index (χ2v) is 5.80. The van der Waals surface area contributed by atoms with Crippen LogP contribution in [0.4, 0.5) is 13.2 Å². The molecule has 10 heteroatoms. The van der Waals surface area contributed by atoms with Crippen molar-refractivity contribution in [3.63, 3.8) is 0 Å². The summed E-state index contributed by atoms with van der Waals surface area (Å²) in [6, 6.07) is 2.92. The number of hydrogen-bond acceptors (Lipinski definition) is 4. The van der Waals surface area contributed by atoms with Crippen LogP contribution in [0.2, 0.25) is 5.02 Å². The molecule has 0 saturated carbocycles. The molecular weight excluding hydrogens is 363 g/mol. The zero-order valence-electron chi connectivity index (χ0n) is 12.5. The molecule has 132 valence electrons. The van der Waals surface area contributed by atoms with E-state index < -0.39 is 23.4 Å². The lowest BCUT2D eigenvalue weighted by Gasteiger charge is -2.38. The number of nitrogens with one attached hydrogen (secondary N) is 1. The summed E-state index contributed by atoms with van der Waals surface area (Å²) < 4.78 is 43.3. The van der Waals surface area contributed by atoms with Crippen molar-refractivity contribution in [1.82, 2.24) is 14.9 Å². The van der Waals surface area contributed by atoms with E-state index in [1.165, 1.54) is 17.2 Å². The molecule has 2 aromatic heterocycles. The molecule has 0 atom stereocenters. The van der Waals surface area contributed by atoms with E-state index in [9.17, 15) is 22.8 Å². The highest BCUT2D eigenvalue weighted by molar-refractivity contribution is 6.30. The standard InChI is InChI=1S/C15H11ClF3N3O3/c16-11-3-8(5-21-13(11)23)14(24)22-6-10(7-22)25-12-4-9(1-2-20-12)15(17,18)19/h1-5,10H,6-7H2,(H,21,23). The van der Waals surface area contributed by atoms with E-state index in [2.05, 4.69) is 9.97 Å². The largest absolute Gasteiger partial charge is 0.471 e. The summed E-state index contributed by atoms with van der Waals surface area (Å²) in [4.78, 5) is 30.9. The number of amides is 1. The molecule has 0 radical (unpaired) electrons. The monoisotopic (exact) mass is 373 g/mol. The van der Waals surface area contributed by atoms with Gasteiger partial charge in [-0.05, 0) is 12.1 Å². The first-order chi connectivity index (χ1) is 11.7. The van der Waals surface area contributed by atoms with E-state index in [-0.39, 0.29) is 35.5 Å². The Hall–Kier alpha value is -2.55. The summed E-state index contributed by atoms with van der Waals surface area (Å²) in [7, 11) is 0. The fourth-order valence-corrected chi connectivity index (χ4v) is 2.43. The number of carbonyl (C=O) groups is 1. The van der Waals surface area contributed by atoms with Gasteiger partial charge in [0.2, 0.25) is 5.88 Å². The Balaban J connectivity index is 1.60. The predicted molar refractivity (Wildman–Crippen MR) is 81.6 cm³/mol. The highest BCUT2D eigenvalue weighted by atomic mass is 35.5. The summed E-state index contributed by atoms with van der Waals surface area (Å²) >= 11 is 5.67. The van der Waals surface area contributed by atoms with Gasteiger partial charge in [0.25, 0.3) is 11.5 Å². The summed E-state index contributed by atoms with van der Waals surface area (Å²) in [6.07, 6.45) is -2.68. The second kappa shape index (κ2) is 6.40. The van der Waals surface area contributed by atoms with Crippen LogP contribution in [-0.4, -0.2) is 40.0 Å². The van der Waals surface area contributed by atoms with Crippen molar-refractivity contribution in [2.24, 2.45) is 0 Å². The summed E-state index contributed by atoms with van der Waals surface area (Å²) in [5, 5.41) is -0.104. The first-order valence-corrected chi connectivity index (χ1v) is 7.49. The van der Waals surface area contributed by atoms with E-state index in [1.54, 1.807) is 0 Å². The van der Waals surface area contributed by atoms with Crippen LogP contribution in [0.15, 0.2) is 35.4 Å². The minimum Gasteiger partial charge on any atom is -0.471 e. The van der Waals surface area contributed by atoms with Gasteiger partial charge in [-0.15, -0.1) is 0 Å². The molecule has 1 fully saturated rings. The summed E-state index contributed by atoms with van der Waals surface area (Å²) in [6.45, 7) is 0.376. The number of likely N-dealkylation sites (tertiary alicyclic amines) is 1. The number of carbonyl (C=O) groups excluding carboxylic acids is 1. The minimum absolute atomic E-state index is 0.104. The van der Waals surface area contributed by atoms with Gasteiger partial charge in [0.05, 0.1) is 24.2 Å². The highest BCUT2D eigenvalue weighted by Crippen LogP contribution is 2.31. The van der Waals surface area contributed by atoms with E-state index in [4.69, 9.17) is 16.3 Å². The average Bonchev–Trinajstić information content (AvgIpc) is 2.52. The van der Waals surface area contributed by atoms with Crippen molar-refractivity contribution in [2.45, 2.75) is 12.3 Å². The third-order valence-electron chi connectivity index (χ3n) is 3.59. The predicted octanol–water partition coefficient (Wildman–Crippen LogP) is 2.35. The molecule has 0 aliphatic carbocycles. The summed E-state index contributed by atoms with van der Waals surface area (Å²) in [5.41, 5.74) is -1.15. The van der Waals surface area contributed by atoms with Crippen molar-refractivity contribution in [3.05, 3.63) is 57.1 Å². The highest BCUT2D eigenvalue weighted by Gasteiger charge is 2.35. The van der Waals surface area contributed by atoms with Crippen molar-refractivity contribution >= 4 is 17.5 Å². The number of aromatic nitrogens is 2. The minimum atomic E-state index is -4.48. The molecule has 1 saturated heterocycles. The van der Waals surface area contributed by atoms with Gasteiger partial charge in [-0.1, -0.05) is 11.6 Å². The lowest BCUT2D eigenvalue weighted by Crippen LogP contribution is -2.56. The van der Waals surface area contributed by atoms with Crippen molar-refractivity contribution in [2.75, 3.05) is 13.1 Å². The molecule has 0 aromatic carbocycles. The van der Waals surface area contributed by atoms with Crippen LogP contribution in [0.1, 0.15) is 15.9 Å². The fraction of sp³-hybridized carbons (Fsp3) is 0.267. The van der Waals surface area contributed by atoms with Crippen molar-refractivity contribution in [1.29, 1.82) is 0 Å². The van der Waals surface area contributed by atoms with Crippen LogP contribution in [-0.2, 0) is 6.18 Å². The lowest BCUT2D eigenvalue weighted by atomic mass is 10.1. The van der Waals surface area contributed by atoms with Gasteiger partial charge in [0.15, 0.2) is 0 Å². The van der Waals surface area contributed by atoms with Crippen LogP contribution in [0, 0.1) is 0 Å². The quantitative estimate of drug-likeness (QED) is 0.896. The molecule has 3 heterocycles. The zero-order chi connectivity index (χ0) is 18.2. The van der Waals surface area contributed by atoms with Gasteiger partial charge >= 0.3 is 6.18 Å². The maximum Gasteiger partial charge on any atom is 0.416 e. The molecule has 25 heavy (non-hydrogen) atoms. The molecule has 0 bridgehead atoms. The fourth-order valence-electron chi connectivity index (χ4n) is 2.26. The van der Waals surface area contributed by atoms with E-state index in [0.717, 1.165) is 18.3 Å². The Kier molecular flexibility index (Phi) is 4.42. The van der Waals surface area contributed by atoms with Crippen molar-refractivity contribution < 1.29 is 22.7 Å². The van der Waals surface area contributed by atoms with Crippen LogP contribution in [0.3, 0.4) is 0 Å². The Bertz CT molecular complexity index is 863. The zero-order valence-corrected chi connectivity index (χ0v) is 13.3. The molecule has 1 N–H and O–H groups in total. The second-order valence-electron chi connectivity index (χ2n) is 5.40. The molecule has 3 rings (SSSR count). The molecule has 2 aromatic rings. The van der Waals surface area contributed by atoms with E-state index >= 15 is 0 Å². The number of alkyl halides is 3. The first-order valence-electron chi connectivity index (χ1n) is 7.11. The third kappa shape index (κ3) is 3.76. The Morgan fingerprint density at radius 1 is 1.36 bits per heavy atom. The van der Waals surface area contributed by atoms with E-state index in [0.29, 0.717) is 0 Å². The smallest absolute Gasteiger partial charge is 0.416 e. The van der Waals surface area contributed by atoms with Gasteiger partial charge in [0.1, 0.15) is 11.1 Å². The number of pyridine rings is 2. The molecule has 0 spiro atoms. The number of hydrogen-bond donors (Lipinski definition) is 1. The third-order valence-corrected chi connectivity index (χ3v) is 3.87. The topological polar surface area (TPSA) is 75.3 Å². The maximum atomic E-state index is 12.6. The van der Waals surface area contributed by atoms with Gasteiger partial charge in [-0.3, -0.25) is 9.59 Å². The van der Waals surface area contributed by atoms with Gasteiger partial charge in [0, 0.05) is 18.5 Å². The normalized spacial score (nSPS) is 15.0. The number of H-pyrrole nitrogens is 1. The van der Waals surface area contributed by atoms with Crippen LogP contribution < -0.4 is 10.3 Å². The molecule has 0 unspecified atom stereocenters. The van der Waals surface area contributed by atoms with Crippen molar-refractivity contribution in [3.8, 4) is 5.88 Å². The average molecular weight is 374 g/mol. The molecule has 6 nitrogen and oxygen atoms in total. The molecule has 1 amide bonds. The van der Waals surface area contributed by atoms with Crippen LogP contribution >= 0.6 is 11.6 Å². The van der Waals surface area contributed by atoms with Gasteiger partial charge in [-0.25, -0.2) is 4.98 Å². The SMILES string of the molecule is O=C(c1c[nH]c(=O)c(Cl)c1)N1CC(Oc2cc(C(F)(F)F)ccn2)C1. The maximum absolute atomic E-state index is 12.6. The summed E-state index contributed by atoms with van der Waals surface area (Å²) in [5.74, 6) is -0.519. The number of aromatic amines is 1. The molecule has 1 aliphatic rings.